The molecule has 0 unspecified atom stereocenters. The second-order valence-corrected chi connectivity index (χ2v) is 8.04. The number of benzene rings is 1. The summed E-state index contributed by atoms with van der Waals surface area (Å²) in [4.78, 5) is 12.2. The van der Waals surface area contributed by atoms with Crippen molar-refractivity contribution in [3.05, 3.63) is 28.2 Å². The number of hydrogen-bond acceptors (Lipinski definition) is 4. The highest BCUT2D eigenvalue weighted by molar-refractivity contribution is 9.10. The van der Waals surface area contributed by atoms with Crippen LogP contribution >= 0.6 is 28.3 Å². The summed E-state index contributed by atoms with van der Waals surface area (Å²) in [5.41, 5.74) is 6.67. The van der Waals surface area contributed by atoms with Gasteiger partial charge in [-0.1, -0.05) is 15.9 Å². The topological polar surface area (TPSA) is 92.5 Å². The van der Waals surface area contributed by atoms with Gasteiger partial charge in [-0.05, 0) is 31.0 Å². The number of halogens is 2. The highest BCUT2D eigenvalue weighted by atomic mass is 79.9. The Hall–Kier alpha value is -0.830. The highest BCUT2D eigenvalue weighted by Crippen LogP contribution is 2.19. The van der Waals surface area contributed by atoms with E-state index in [0.717, 1.165) is 4.47 Å². The Balaban J connectivity index is 0.00000242. The van der Waals surface area contributed by atoms with E-state index in [1.54, 1.807) is 18.2 Å². The summed E-state index contributed by atoms with van der Waals surface area (Å²) in [6.45, 7) is 0.860. The first-order chi connectivity index (χ1) is 9.77. The van der Waals surface area contributed by atoms with E-state index in [4.69, 9.17) is 5.73 Å². The number of piperidine rings is 1. The molecule has 1 aliphatic heterocycles. The van der Waals surface area contributed by atoms with Gasteiger partial charge in [0.25, 0.3) is 5.91 Å². The average molecular weight is 413 g/mol. The molecule has 2 rings (SSSR count). The van der Waals surface area contributed by atoms with Crippen LogP contribution in [-0.4, -0.2) is 44.0 Å². The monoisotopic (exact) mass is 411 g/mol. The first kappa shape index (κ1) is 19.2. The highest BCUT2D eigenvalue weighted by Gasteiger charge is 2.26. The van der Waals surface area contributed by atoms with Crippen LogP contribution in [-0.2, 0) is 10.0 Å². The van der Waals surface area contributed by atoms with E-state index < -0.39 is 10.0 Å². The molecule has 1 saturated heterocycles. The molecule has 3 N–H and O–H groups in total. The van der Waals surface area contributed by atoms with Crippen LogP contribution in [0.15, 0.2) is 22.7 Å². The van der Waals surface area contributed by atoms with Crippen LogP contribution in [0, 0.1) is 0 Å². The Kier molecular flexibility index (Phi) is 6.66. The number of carbonyl (C=O) groups is 1. The largest absolute Gasteiger partial charge is 0.398 e. The van der Waals surface area contributed by atoms with Crippen molar-refractivity contribution in [2.45, 2.75) is 18.9 Å². The first-order valence-corrected chi connectivity index (χ1v) is 9.22. The Morgan fingerprint density at radius 1 is 1.36 bits per heavy atom. The number of rotatable bonds is 3. The third-order valence-electron chi connectivity index (χ3n) is 3.52. The third-order valence-corrected chi connectivity index (χ3v) is 5.31. The molecule has 1 fully saturated rings. The number of nitrogen functional groups attached to an aromatic ring is 1. The van der Waals surface area contributed by atoms with E-state index in [0.29, 0.717) is 37.2 Å². The molecule has 124 valence electrons. The lowest BCUT2D eigenvalue weighted by atomic mass is 10.1. The molecule has 1 aromatic carbocycles. The van der Waals surface area contributed by atoms with Gasteiger partial charge in [0.15, 0.2) is 0 Å². The van der Waals surface area contributed by atoms with Crippen LogP contribution in [0.2, 0.25) is 0 Å². The van der Waals surface area contributed by atoms with Crippen molar-refractivity contribution in [2.75, 3.05) is 25.1 Å². The molecule has 0 saturated carbocycles. The van der Waals surface area contributed by atoms with E-state index >= 15 is 0 Å². The number of carbonyl (C=O) groups excluding carboxylic acids is 1. The zero-order valence-electron chi connectivity index (χ0n) is 12.1. The standard InChI is InChI=1S/C13H18BrN3O3S.ClH/c1-21(19,20)17-6-4-10(5-7-17)16-13(18)11-3-2-9(14)8-12(11)15;/h2-3,8,10H,4-7,15H2,1H3,(H,16,18);1H. The lowest BCUT2D eigenvalue weighted by Crippen LogP contribution is -2.46. The fraction of sp³-hybridized carbons (Fsp3) is 0.462. The summed E-state index contributed by atoms with van der Waals surface area (Å²) < 4.78 is 25.1. The summed E-state index contributed by atoms with van der Waals surface area (Å²) in [5, 5.41) is 2.91. The predicted octanol–water partition coefficient (Wildman–Crippen LogP) is 1.61. The molecule has 1 aliphatic rings. The molecule has 0 radical (unpaired) electrons. The normalized spacial score (nSPS) is 16.8. The molecule has 6 nitrogen and oxygen atoms in total. The molecule has 1 heterocycles. The number of amides is 1. The number of nitrogens with zero attached hydrogens (tertiary/aromatic N) is 1. The zero-order valence-corrected chi connectivity index (χ0v) is 15.3. The van der Waals surface area contributed by atoms with Crippen molar-refractivity contribution in [3.63, 3.8) is 0 Å². The van der Waals surface area contributed by atoms with Gasteiger partial charge in [0, 0.05) is 29.3 Å². The van der Waals surface area contributed by atoms with E-state index in [-0.39, 0.29) is 24.4 Å². The fourth-order valence-corrected chi connectivity index (χ4v) is 3.59. The smallest absolute Gasteiger partial charge is 0.253 e. The number of sulfonamides is 1. The molecule has 0 aromatic heterocycles. The maximum absolute atomic E-state index is 12.2. The minimum atomic E-state index is -3.15. The van der Waals surface area contributed by atoms with Gasteiger partial charge in [0.05, 0.1) is 11.8 Å². The summed E-state index contributed by atoms with van der Waals surface area (Å²) in [6, 6.07) is 5.08. The number of nitrogens with one attached hydrogen (secondary N) is 1. The Labute approximate surface area is 145 Å². The second-order valence-electron chi connectivity index (χ2n) is 5.14. The molecule has 0 aliphatic carbocycles. The number of nitrogens with two attached hydrogens (primary N) is 1. The van der Waals surface area contributed by atoms with Gasteiger partial charge in [-0.3, -0.25) is 4.79 Å². The van der Waals surface area contributed by atoms with Gasteiger partial charge >= 0.3 is 0 Å². The van der Waals surface area contributed by atoms with E-state index in [1.165, 1.54) is 10.6 Å². The van der Waals surface area contributed by atoms with Crippen LogP contribution in [0.5, 0.6) is 0 Å². The van der Waals surface area contributed by atoms with Crippen LogP contribution in [0.1, 0.15) is 23.2 Å². The predicted molar refractivity (Wildman–Crippen MR) is 92.7 cm³/mol. The molecule has 0 atom stereocenters. The van der Waals surface area contributed by atoms with Gasteiger partial charge in [0.2, 0.25) is 10.0 Å². The third kappa shape index (κ3) is 4.84. The van der Waals surface area contributed by atoms with Crippen molar-refractivity contribution in [1.82, 2.24) is 9.62 Å². The van der Waals surface area contributed by atoms with Crippen molar-refractivity contribution in [3.8, 4) is 0 Å². The van der Waals surface area contributed by atoms with Gasteiger partial charge in [-0.15, -0.1) is 12.4 Å². The molecule has 0 spiro atoms. The molecule has 9 heteroatoms. The summed E-state index contributed by atoms with van der Waals surface area (Å²) in [5.74, 6) is -0.224. The Bertz CT molecular complexity index is 646. The van der Waals surface area contributed by atoms with Crippen molar-refractivity contribution >= 4 is 50.0 Å². The van der Waals surface area contributed by atoms with Gasteiger partial charge in [0.1, 0.15) is 0 Å². The molecule has 0 bridgehead atoms. The van der Waals surface area contributed by atoms with Gasteiger partial charge < -0.3 is 11.1 Å². The van der Waals surface area contributed by atoms with Gasteiger partial charge in [-0.2, -0.15) is 0 Å². The van der Waals surface area contributed by atoms with E-state index in [1.807, 2.05) is 0 Å². The SMILES string of the molecule is CS(=O)(=O)N1CCC(NC(=O)c2ccc(Br)cc2N)CC1.Cl. The maximum atomic E-state index is 12.2. The molecule has 22 heavy (non-hydrogen) atoms. The van der Waals surface area contributed by atoms with Crippen LogP contribution < -0.4 is 11.1 Å². The van der Waals surface area contributed by atoms with Crippen molar-refractivity contribution in [1.29, 1.82) is 0 Å². The van der Waals surface area contributed by atoms with Gasteiger partial charge in [-0.25, -0.2) is 12.7 Å². The second kappa shape index (κ2) is 7.63. The first-order valence-electron chi connectivity index (χ1n) is 6.58. The number of anilines is 1. The lowest BCUT2D eigenvalue weighted by molar-refractivity contribution is 0.0925. The summed E-state index contributed by atoms with van der Waals surface area (Å²) in [7, 11) is -3.15. The van der Waals surface area contributed by atoms with Crippen LogP contribution in [0.4, 0.5) is 5.69 Å². The minimum Gasteiger partial charge on any atom is -0.398 e. The van der Waals surface area contributed by atoms with E-state index in [9.17, 15) is 13.2 Å². The molecule has 1 aromatic rings. The molecular weight excluding hydrogens is 394 g/mol. The minimum absolute atomic E-state index is 0. The Morgan fingerprint density at radius 2 is 1.95 bits per heavy atom. The average Bonchev–Trinajstić information content (AvgIpc) is 2.38. The fourth-order valence-electron chi connectivity index (χ4n) is 2.34. The Morgan fingerprint density at radius 3 is 2.45 bits per heavy atom. The summed E-state index contributed by atoms with van der Waals surface area (Å²) >= 11 is 3.29. The zero-order chi connectivity index (χ0) is 15.6. The summed E-state index contributed by atoms with van der Waals surface area (Å²) in [6.07, 6.45) is 2.42. The lowest BCUT2D eigenvalue weighted by Gasteiger charge is -2.30. The molecular formula is C13H19BrClN3O3S. The number of hydrogen-bond donors (Lipinski definition) is 2. The molecule has 1 amide bonds. The maximum Gasteiger partial charge on any atom is 0.253 e. The van der Waals surface area contributed by atoms with E-state index in [2.05, 4.69) is 21.2 Å². The van der Waals surface area contributed by atoms with Crippen LogP contribution in [0.25, 0.3) is 0 Å². The van der Waals surface area contributed by atoms with Crippen molar-refractivity contribution < 1.29 is 13.2 Å². The van der Waals surface area contributed by atoms with Crippen LogP contribution in [0.3, 0.4) is 0 Å². The quantitative estimate of drug-likeness (QED) is 0.738. The van der Waals surface area contributed by atoms with Crippen molar-refractivity contribution in [2.24, 2.45) is 0 Å².